The molecule has 0 aliphatic carbocycles. The predicted octanol–water partition coefficient (Wildman–Crippen LogP) is 3.58. The van der Waals surface area contributed by atoms with Gasteiger partial charge in [0.25, 0.3) is 0 Å². The van der Waals surface area contributed by atoms with Crippen LogP contribution in [-0.4, -0.2) is 40.4 Å². The highest BCUT2D eigenvalue weighted by Crippen LogP contribution is 2.21. The first kappa shape index (κ1) is 19.0. The lowest BCUT2D eigenvalue weighted by atomic mass is 10.1. The molecule has 1 aromatic heterocycles. The molecule has 0 N–H and O–H groups in total. The lowest BCUT2D eigenvalue weighted by molar-refractivity contribution is -0.143. The van der Waals surface area contributed by atoms with Gasteiger partial charge in [-0.2, -0.15) is 18.3 Å². The van der Waals surface area contributed by atoms with E-state index in [-0.39, 0.29) is 18.8 Å². The third-order valence-electron chi connectivity index (χ3n) is 4.00. The molecule has 0 aliphatic rings. The molecule has 0 spiro atoms. The van der Waals surface area contributed by atoms with Crippen LogP contribution in [0.15, 0.2) is 24.3 Å². The molecule has 0 unspecified atom stereocenters. The summed E-state index contributed by atoms with van der Waals surface area (Å²) in [6.45, 7) is 3.11. The zero-order valence-electron chi connectivity index (χ0n) is 14.2. The smallest absolute Gasteiger partial charge is 0.345 e. The Hall–Kier alpha value is -2.38. The van der Waals surface area contributed by atoms with Gasteiger partial charge in [0, 0.05) is 24.8 Å². The summed E-state index contributed by atoms with van der Waals surface area (Å²) in [4.78, 5) is 13.3. The van der Waals surface area contributed by atoms with E-state index in [0.717, 1.165) is 4.90 Å². The van der Waals surface area contributed by atoms with Crippen molar-refractivity contribution >= 4 is 5.91 Å². The fraction of sp³-hybridized carbons (Fsp3) is 0.412. The molecule has 2 rings (SSSR count). The van der Waals surface area contributed by atoms with Crippen LogP contribution in [0.2, 0.25) is 0 Å². The number of carbonyl (C=O) groups excluding carboxylic acids is 1. The molecule has 0 fully saturated rings. The first-order chi connectivity index (χ1) is 11.6. The van der Waals surface area contributed by atoms with Crippen LogP contribution >= 0.6 is 0 Å². The van der Waals surface area contributed by atoms with Gasteiger partial charge in [-0.1, -0.05) is 0 Å². The molecule has 0 saturated heterocycles. The second kappa shape index (κ2) is 7.25. The van der Waals surface area contributed by atoms with Crippen molar-refractivity contribution in [3.05, 3.63) is 47.0 Å². The highest BCUT2D eigenvalue weighted by Gasteiger charge is 2.28. The van der Waals surface area contributed by atoms with Crippen molar-refractivity contribution in [2.24, 2.45) is 0 Å². The lowest BCUT2D eigenvalue weighted by Gasteiger charge is -2.18. The molecule has 0 aliphatic heterocycles. The van der Waals surface area contributed by atoms with Crippen molar-refractivity contribution in [1.82, 2.24) is 14.7 Å². The van der Waals surface area contributed by atoms with Crippen molar-refractivity contribution < 1.29 is 22.4 Å². The van der Waals surface area contributed by atoms with Crippen LogP contribution in [0.1, 0.15) is 23.4 Å². The van der Waals surface area contributed by atoms with Gasteiger partial charge in [0.15, 0.2) is 0 Å². The maximum absolute atomic E-state index is 13.0. The largest absolute Gasteiger partial charge is 0.390 e. The van der Waals surface area contributed by atoms with Crippen molar-refractivity contribution in [2.75, 3.05) is 13.6 Å². The van der Waals surface area contributed by atoms with Gasteiger partial charge < -0.3 is 4.90 Å². The highest BCUT2D eigenvalue weighted by molar-refractivity contribution is 5.79. The fourth-order valence-corrected chi connectivity index (χ4v) is 2.47. The van der Waals surface area contributed by atoms with E-state index in [0.29, 0.717) is 22.6 Å². The van der Waals surface area contributed by atoms with Crippen LogP contribution in [0, 0.1) is 19.7 Å². The highest BCUT2D eigenvalue weighted by atomic mass is 19.4. The third-order valence-corrected chi connectivity index (χ3v) is 4.00. The normalized spacial score (nSPS) is 11.6. The van der Waals surface area contributed by atoms with Crippen molar-refractivity contribution in [3.8, 4) is 5.69 Å². The SMILES string of the molecule is Cc1nn(-c2ccc(F)cc2)c(C)c1CC(=O)N(C)CCC(F)(F)F. The average molecular weight is 357 g/mol. The minimum absolute atomic E-state index is 0.0345. The number of hydrogen-bond donors (Lipinski definition) is 0. The Bertz CT molecular complexity index is 750. The molecule has 136 valence electrons. The van der Waals surface area contributed by atoms with Crippen LogP contribution in [0.4, 0.5) is 17.6 Å². The molecule has 0 atom stereocenters. The van der Waals surface area contributed by atoms with Gasteiger partial charge in [-0.15, -0.1) is 0 Å². The number of nitrogens with zero attached hydrogens (tertiary/aromatic N) is 3. The Morgan fingerprint density at radius 3 is 2.36 bits per heavy atom. The van der Waals surface area contributed by atoms with Crippen LogP contribution in [-0.2, 0) is 11.2 Å². The van der Waals surface area contributed by atoms with Gasteiger partial charge in [-0.05, 0) is 38.1 Å². The second-order valence-electron chi connectivity index (χ2n) is 5.89. The number of benzene rings is 1. The minimum atomic E-state index is -4.30. The fourth-order valence-electron chi connectivity index (χ4n) is 2.47. The van der Waals surface area contributed by atoms with E-state index in [1.807, 2.05) is 0 Å². The Balaban J connectivity index is 2.15. The minimum Gasteiger partial charge on any atom is -0.345 e. The summed E-state index contributed by atoms with van der Waals surface area (Å²) in [5.41, 5.74) is 2.61. The van der Waals surface area contributed by atoms with Crippen molar-refractivity contribution in [2.45, 2.75) is 32.9 Å². The van der Waals surface area contributed by atoms with Gasteiger partial charge in [-0.25, -0.2) is 9.07 Å². The standard InChI is InChI=1S/C17H19F4N3O/c1-11-15(10-16(25)23(3)9-8-17(19,20)21)12(2)24(22-11)14-6-4-13(18)5-7-14/h4-7H,8-10H2,1-3H3. The molecule has 1 heterocycles. The average Bonchev–Trinajstić information content (AvgIpc) is 2.80. The van der Waals surface area contributed by atoms with Crippen LogP contribution in [0.3, 0.4) is 0 Å². The summed E-state index contributed by atoms with van der Waals surface area (Å²) in [5.74, 6) is -0.777. The molecule has 2 aromatic rings. The monoisotopic (exact) mass is 357 g/mol. The first-order valence-electron chi connectivity index (χ1n) is 7.70. The molecule has 0 radical (unpaired) electrons. The van der Waals surface area contributed by atoms with Gasteiger partial charge >= 0.3 is 6.18 Å². The van der Waals surface area contributed by atoms with E-state index in [2.05, 4.69) is 5.10 Å². The molecule has 25 heavy (non-hydrogen) atoms. The predicted molar refractivity (Wildman–Crippen MR) is 85.0 cm³/mol. The van der Waals surface area contributed by atoms with Crippen molar-refractivity contribution in [1.29, 1.82) is 0 Å². The Labute approximate surface area is 143 Å². The molecule has 0 saturated carbocycles. The Morgan fingerprint density at radius 1 is 1.20 bits per heavy atom. The number of halogens is 4. The van der Waals surface area contributed by atoms with E-state index in [1.165, 1.54) is 19.2 Å². The summed E-state index contributed by atoms with van der Waals surface area (Å²) in [7, 11) is 1.35. The van der Waals surface area contributed by atoms with E-state index in [1.54, 1.807) is 30.7 Å². The molecule has 8 heteroatoms. The number of hydrogen-bond acceptors (Lipinski definition) is 2. The molecular formula is C17H19F4N3O. The van der Waals surface area contributed by atoms with Crippen LogP contribution < -0.4 is 0 Å². The maximum Gasteiger partial charge on any atom is 0.390 e. The molecule has 1 amide bonds. The first-order valence-corrected chi connectivity index (χ1v) is 7.70. The molecule has 1 aromatic carbocycles. The third kappa shape index (κ3) is 4.80. The van der Waals surface area contributed by atoms with Crippen molar-refractivity contribution in [3.63, 3.8) is 0 Å². The van der Waals surface area contributed by atoms with Gasteiger partial charge in [0.05, 0.1) is 24.2 Å². The van der Waals surface area contributed by atoms with Gasteiger partial charge in [-0.3, -0.25) is 4.79 Å². The van der Waals surface area contributed by atoms with Gasteiger partial charge in [0.1, 0.15) is 5.82 Å². The zero-order valence-corrected chi connectivity index (χ0v) is 14.2. The molecule has 0 bridgehead atoms. The second-order valence-corrected chi connectivity index (χ2v) is 5.89. The van der Waals surface area contributed by atoms with E-state index in [9.17, 15) is 22.4 Å². The summed E-state index contributed by atoms with van der Waals surface area (Å²) in [5, 5.41) is 4.35. The quantitative estimate of drug-likeness (QED) is 0.767. The number of aryl methyl sites for hydroxylation is 1. The van der Waals surface area contributed by atoms with Gasteiger partial charge in [0.2, 0.25) is 5.91 Å². The number of aromatic nitrogens is 2. The van der Waals surface area contributed by atoms with E-state index in [4.69, 9.17) is 0 Å². The van der Waals surface area contributed by atoms with E-state index >= 15 is 0 Å². The van der Waals surface area contributed by atoms with Crippen LogP contribution in [0.25, 0.3) is 5.69 Å². The summed E-state index contributed by atoms with van der Waals surface area (Å²) < 4.78 is 51.5. The Morgan fingerprint density at radius 2 is 1.80 bits per heavy atom. The number of carbonyl (C=O) groups is 1. The number of alkyl halides is 3. The summed E-state index contributed by atoms with van der Waals surface area (Å²) >= 11 is 0. The van der Waals surface area contributed by atoms with E-state index < -0.39 is 18.5 Å². The lowest BCUT2D eigenvalue weighted by Crippen LogP contribution is -2.31. The zero-order chi connectivity index (χ0) is 18.8. The number of amides is 1. The summed E-state index contributed by atoms with van der Waals surface area (Å²) in [6, 6.07) is 5.74. The molecular weight excluding hydrogens is 338 g/mol. The topological polar surface area (TPSA) is 38.1 Å². The van der Waals surface area contributed by atoms with Crippen LogP contribution in [0.5, 0.6) is 0 Å². The Kier molecular flexibility index (Phi) is 5.49. The summed E-state index contributed by atoms with van der Waals surface area (Å²) in [6.07, 6.45) is -5.37. The number of likely N-dealkylation sites (N-methyl/N-ethyl adjacent to an activating group) is 1. The maximum atomic E-state index is 13.0. The number of rotatable bonds is 5. The molecule has 4 nitrogen and oxygen atoms in total.